The van der Waals surface area contributed by atoms with Gasteiger partial charge >= 0.3 is 0 Å². The van der Waals surface area contributed by atoms with Crippen LogP contribution in [0, 0.1) is 5.82 Å². The summed E-state index contributed by atoms with van der Waals surface area (Å²) in [5, 5.41) is 0. The molecule has 1 heterocycles. The SMILES string of the molecule is CC(C)N1CCC(N(C)Cc2ccc(F)cc2)CC1. The fourth-order valence-electron chi connectivity index (χ4n) is 2.85. The largest absolute Gasteiger partial charge is 0.301 e. The minimum atomic E-state index is -0.156. The monoisotopic (exact) mass is 264 g/mol. The number of benzene rings is 1. The molecule has 2 nitrogen and oxygen atoms in total. The molecule has 1 fully saturated rings. The van der Waals surface area contributed by atoms with Gasteiger partial charge < -0.3 is 4.90 Å². The normalized spacial score (nSPS) is 18.4. The van der Waals surface area contributed by atoms with Crippen molar-refractivity contribution < 1.29 is 4.39 Å². The van der Waals surface area contributed by atoms with Crippen LogP contribution in [0.3, 0.4) is 0 Å². The summed E-state index contributed by atoms with van der Waals surface area (Å²) in [7, 11) is 2.18. The van der Waals surface area contributed by atoms with Gasteiger partial charge in [-0.3, -0.25) is 4.90 Å². The van der Waals surface area contributed by atoms with Crippen LogP contribution >= 0.6 is 0 Å². The van der Waals surface area contributed by atoms with Crippen LogP contribution in [-0.4, -0.2) is 42.0 Å². The van der Waals surface area contributed by atoms with E-state index in [4.69, 9.17) is 0 Å². The second-order valence-corrected chi connectivity index (χ2v) is 5.90. The van der Waals surface area contributed by atoms with Gasteiger partial charge in [0, 0.05) is 18.6 Å². The van der Waals surface area contributed by atoms with Crippen molar-refractivity contribution in [2.45, 2.75) is 45.3 Å². The topological polar surface area (TPSA) is 6.48 Å². The van der Waals surface area contributed by atoms with E-state index in [9.17, 15) is 4.39 Å². The van der Waals surface area contributed by atoms with E-state index in [1.165, 1.54) is 31.5 Å². The van der Waals surface area contributed by atoms with Crippen molar-refractivity contribution in [2.24, 2.45) is 0 Å². The van der Waals surface area contributed by atoms with Crippen molar-refractivity contribution in [2.75, 3.05) is 20.1 Å². The summed E-state index contributed by atoms with van der Waals surface area (Å²) < 4.78 is 12.9. The van der Waals surface area contributed by atoms with Crippen LogP contribution < -0.4 is 0 Å². The Morgan fingerprint density at radius 3 is 2.32 bits per heavy atom. The minimum absolute atomic E-state index is 0.156. The average Bonchev–Trinajstić information content (AvgIpc) is 2.41. The maximum absolute atomic E-state index is 12.9. The van der Waals surface area contributed by atoms with Gasteiger partial charge in [-0.1, -0.05) is 12.1 Å². The predicted octanol–water partition coefficient (Wildman–Crippen LogP) is 3.13. The highest BCUT2D eigenvalue weighted by atomic mass is 19.1. The molecule has 0 aliphatic carbocycles. The van der Waals surface area contributed by atoms with Gasteiger partial charge in [0.05, 0.1) is 0 Å². The van der Waals surface area contributed by atoms with Gasteiger partial charge in [0.1, 0.15) is 5.82 Å². The number of halogens is 1. The third kappa shape index (κ3) is 4.02. The van der Waals surface area contributed by atoms with Crippen molar-refractivity contribution in [1.29, 1.82) is 0 Å². The zero-order valence-electron chi connectivity index (χ0n) is 12.3. The number of piperidine rings is 1. The standard InChI is InChI=1S/C16H25FN2/c1-13(2)19-10-8-16(9-11-19)18(3)12-14-4-6-15(17)7-5-14/h4-7,13,16H,8-12H2,1-3H3. The fourth-order valence-corrected chi connectivity index (χ4v) is 2.85. The van der Waals surface area contributed by atoms with Crippen LogP contribution in [-0.2, 0) is 6.54 Å². The summed E-state index contributed by atoms with van der Waals surface area (Å²) in [5.74, 6) is -0.156. The second-order valence-electron chi connectivity index (χ2n) is 5.90. The molecular weight excluding hydrogens is 239 g/mol. The molecule has 0 N–H and O–H groups in total. The summed E-state index contributed by atoms with van der Waals surface area (Å²) in [6, 6.07) is 8.17. The molecule has 106 valence electrons. The van der Waals surface area contributed by atoms with Gasteiger partial charge in [0.25, 0.3) is 0 Å². The Kier molecular flexibility index (Phi) is 4.94. The molecule has 1 aliphatic heterocycles. The van der Waals surface area contributed by atoms with Crippen LogP contribution in [0.25, 0.3) is 0 Å². The molecule has 1 aliphatic rings. The van der Waals surface area contributed by atoms with E-state index < -0.39 is 0 Å². The summed E-state index contributed by atoms with van der Waals surface area (Å²) >= 11 is 0. The van der Waals surface area contributed by atoms with Gasteiger partial charge in [-0.2, -0.15) is 0 Å². The minimum Gasteiger partial charge on any atom is -0.301 e. The summed E-state index contributed by atoms with van der Waals surface area (Å²) in [6.45, 7) is 7.82. The zero-order chi connectivity index (χ0) is 13.8. The second kappa shape index (κ2) is 6.49. The molecular formula is C16H25FN2. The third-order valence-corrected chi connectivity index (χ3v) is 4.20. The lowest BCUT2D eigenvalue weighted by Crippen LogP contribution is -2.45. The fraction of sp³-hybridized carbons (Fsp3) is 0.625. The van der Waals surface area contributed by atoms with Crippen LogP contribution in [0.4, 0.5) is 4.39 Å². The van der Waals surface area contributed by atoms with Crippen molar-refractivity contribution in [3.05, 3.63) is 35.6 Å². The Morgan fingerprint density at radius 1 is 1.21 bits per heavy atom. The summed E-state index contributed by atoms with van der Waals surface area (Å²) in [6.07, 6.45) is 2.46. The first-order valence-corrected chi connectivity index (χ1v) is 7.25. The highest BCUT2D eigenvalue weighted by molar-refractivity contribution is 5.15. The van der Waals surface area contributed by atoms with E-state index in [-0.39, 0.29) is 5.82 Å². The van der Waals surface area contributed by atoms with E-state index >= 15 is 0 Å². The first kappa shape index (κ1) is 14.5. The molecule has 0 spiro atoms. The van der Waals surface area contributed by atoms with Crippen LogP contribution in [0.2, 0.25) is 0 Å². The quantitative estimate of drug-likeness (QED) is 0.824. The molecule has 0 atom stereocenters. The van der Waals surface area contributed by atoms with E-state index in [0.717, 1.165) is 6.54 Å². The first-order valence-electron chi connectivity index (χ1n) is 7.25. The van der Waals surface area contributed by atoms with Gasteiger partial charge in [-0.05, 0) is 64.5 Å². The van der Waals surface area contributed by atoms with Crippen LogP contribution in [0.15, 0.2) is 24.3 Å². The van der Waals surface area contributed by atoms with Gasteiger partial charge in [0.2, 0.25) is 0 Å². The Morgan fingerprint density at radius 2 is 1.79 bits per heavy atom. The molecule has 0 saturated carbocycles. The molecule has 0 unspecified atom stereocenters. The highest BCUT2D eigenvalue weighted by Gasteiger charge is 2.23. The number of likely N-dealkylation sites (tertiary alicyclic amines) is 1. The van der Waals surface area contributed by atoms with Crippen molar-refractivity contribution in [1.82, 2.24) is 9.80 Å². The molecule has 19 heavy (non-hydrogen) atoms. The maximum Gasteiger partial charge on any atom is 0.123 e. The van der Waals surface area contributed by atoms with E-state index in [0.29, 0.717) is 12.1 Å². The lowest BCUT2D eigenvalue weighted by Gasteiger charge is -2.38. The van der Waals surface area contributed by atoms with Crippen LogP contribution in [0.5, 0.6) is 0 Å². The number of hydrogen-bond acceptors (Lipinski definition) is 2. The number of nitrogens with zero attached hydrogens (tertiary/aromatic N) is 2. The molecule has 1 aromatic rings. The molecule has 3 heteroatoms. The van der Waals surface area contributed by atoms with Crippen molar-refractivity contribution in [3.63, 3.8) is 0 Å². The van der Waals surface area contributed by atoms with E-state index in [1.54, 1.807) is 12.1 Å². The lowest BCUT2D eigenvalue weighted by atomic mass is 10.0. The zero-order valence-corrected chi connectivity index (χ0v) is 12.3. The first-order chi connectivity index (χ1) is 9.06. The van der Waals surface area contributed by atoms with Crippen LogP contribution in [0.1, 0.15) is 32.3 Å². The Hall–Kier alpha value is -0.930. The van der Waals surface area contributed by atoms with Gasteiger partial charge in [-0.15, -0.1) is 0 Å². The Labute approximate surface area is 116 Å². The maximum atomic E-state index is 12.9. The van der Waals surface area contributed by atoms with E-state index in [2.05, 4.69) is 30.7 Å². The molecule has 1 saturated heterocycles. The van der Waals surface area contributed by atoms with Gasteiger partial charge in [-0.25, -0.2) is 4.39 Å². The molecule has 2 rings (SSSR count). The molecule has 0 amide bonds. The lowest BCUT2D eigenvalue weighted by molar-refractivity contribution is 0.104. The third-order valence-electron chi connectivity index (χ3n) is 4.20. The molecule has 0 radical (unpaired) electrons. The van der Waals surface area contributed by atoms with E-state index in [1.807, 2.05) is 12.1 Å². The van der Waals surface area contributed by atoms with Gasteiger partial charge in [0.15, 0.2) is 0 Å². The Balaban J connectivity index is 1.84. The Bertz CT molecular complexity index is 380. The summed E-state index contributed by atoms with van der Waals surface area (Å²) in [5.41, 5.74) is 1.19. The average molecular weight is 264 g/mol. The predicted molar refractivity (Wildman–Crippen MR) is 77.6 cm³/mol. The molecule has 1 aromatic carbocycles. The molecule has 0 aromatic heterocycles. The summed E-state index contributed by atoms with van der Waals surface area (Å²) in [4.78, 5) is 4.95. The number of hydrogen-bond donors (Lipinski definition) is 0. The number of rotatable bonds is 4. The van der Waals surface area contributed by atoms with Crippen molar-refractivity contribution in [3.8, 4) is 0 Å². The smallest absolute Gasteiger partial charge is 0.123 e. The van der Waals surface area contributed by atoms with Crippen molar-refractivity contribution >= 4 is 0 Å². The highest BCUT2D eigenvalue weighted by Crippen LogP contribution is 2.19. The molecule has 0 bridgehead atoms.